The number of carboxylic acids is 1. The molecule has 0 radical (unpaired) electrons. The van der Waals surface area contributed by atoms with E-state index in [0.717, 1.165) is 6.08 Å². The smallest absolute Gasteiger partial charge is 0.417 e. The zero-order valence-electron chi connectivity index (χ0n) is 14.2. The van der Waals surface area contributed by atoms with Gasteiger partial charge in [-0.25, -0.2) is 9.78 Å². The quantitative estimate of drug-likeness (QED) is 0.494. The Morgan fingerprint density at radius 1 is 1.25 bits per heavy atom. The molecule has 0 bridgehead atoms. The number of nitrogens with zero attached hydrogens (tertiary/aromatic N) is 1. The number of hydrogen-bond donors (Lipinski definition) is 3. The van der Waals surface area contributed by atoms with Gasteiger partial charge in [-0.15, -0.1) is 0 Å². The fourth-order valence-electron chi connectivity index (χ4n) is 2.01. The van der Waals surface area contributed by atoms with Crippen molar-refractivity contribution < 1.29 is 32.6 Å². The Morgan fingerprint density at radius 2 is 1.89 bits per heavy atom. The summed E-state index contributed by atoms with van der Waals surface area (Å²) in [5.41, 5.74) is 3.21. The van der Waals surface area contributed by atoms with Crippen LogP contribution in [0.3, 0.4) is 0 Å². The number of benzene rings is 1. The monoisotopic (exact) mass is 415 g/mol. The highest BCUT2D eigenvalue weighted by Gasteiger charge is 2.31. The molecule has 0 saturated carbocycles. The summed E-state index contributed by atoms with van der Waals surface area (Å²) in [6.45, 7) is 0. The maximum Gasteiger partial charge on any atom is 0.417 e. The molecule has 0 saturated heterocycles. The van der Waals surface area contributed by atoms with Crippen molar-refractivity contribution in [1.82, 2.24) is 10.4 Å². The average molecular weight is 416 g/mol. The van der Waals surface area contributed by atoms with Crippen molar-refractivity contribution in [3.8, 4) is 5.75 Å². The summed E-state index contributed by atoms with van der Waals surface area (Å²) in [4.78, 5) is 26.9. The number of anilines is 1. The summed E-state index contributed by atoms with van der Waals surface area (Å²) < 4.78 is 42.7. The standard InChI is InChI=1S/C17H13ClF3N3O4/c1-28-11-4-2-9(3-5-11)12(16(26)27)7-14(25)23-24-15-13(18)6-10(8-22-15)17(19,20)21/h2-8H,1H3,(H,22,24)(H,23,25)(H,26,27)/b12-7-. The number of pyridine rings is 1. The van der Waals surface area contributed by atoms with E-state index >= 15 is 0 Å². The number of alkyl halides is 3. The molecule has 7 nitrogen and oxygen atoms in total. The summed E-state index contributed by atoms with van der Waals surface area (Å²) >= 11 is 5.70. The van der Waals surface area contributed by atoms with Gasteiger partial charge in [0.15, 0.2) is 5.82 Å². The summed E-state index contributed by atoms with van der Waals surface area (Å²) in [7, 11) is 1.45. The highest BCUT2D eigenvalue weighted by Crippen LogP contribution is 2.32. The van der Waals surface area contributed by atoms with Gasteiger partial charge in [0, 0.05) is 12.3 Å². The lowest BCUT2D eigenvalue weighted by molar-refractivity contribution is -0.137. The molecule has 0 fully saturated rings. The van der Waals surface area contributed by atoms with Crippen molar-refractivity contribution in [1.29, 1.82) is 0 Å². The molecule has 0 unspecified atom stereocenters. The summed E-state index contributed by atoms with van der Waals surface area (Å²) in [5.74, 6) is -1.97. The second kappa shape index (κ2) is 8.61. The van der Waals surface area contributed by atoms with Crippen molar-refractivity contribution in [2.45, 2.75) is 6.18 Å². The number of aliphatic carboxylic acids is 1. The Labute approximate surface area is 161 Å². The third kappa shape index (κ3) is 5.36. The van der Waals surface area contributed by atoms with Gasteiger partial charge in [0.1, 0.15) is 5.75 Å². The van der Waals surface area contributed by atoms with E-state index in [1.54, 1.807) is 0 Å². The van der Waals surface area contributed by atoms with E-state index in [9.17, 15) is 27.9 Å². The van der Waals surface area contributed by atoms with Gasteiger partial charge in [-0.05, 0) is 23.8 Å². The first-order valence-corrected chi connectivity index (χ1v) is 7.87. The van der Waals surface area contributed by atoms with Crippen LogP contribution in [-0.2, 0) is 15.8 Å². The van der Waals surface area contributed by atoms with E-state index in [0.29, 0.717) is 18.0 Å². The second-order valence-electron chi connectivity index (χ2n) is 5.26. The van der Waals surface area contributed by atoms with Gasteiger partial charge in [0.25, 0.3) is 5.91 Å². The topological polar surface area (TPSA) is 101 Å². The van der Waals surface area contributed by atoms with Crippen LogP contribution in [0.4, 0.5) is 19.0 Å². The molecule has 1 aromatic heterocycles. The minimum Gasteiger partial charge on any atom is -0.497 e. The van der Waals surface area contributed by atoms with Crippen LogP contribution in [0, 0.1) is 0 Å². The van der Waals surface area contributed by atoms with Gasteiger partial charge < -0.3 is 9.84 Å². The number of halogens is 4. The number of carbonyl (C=O) groups excluding carboxylic acids is 1. The highest BCUT2D eigenvalue weighted by molar-refractivity contribution is 6.33. The summed E-state index contributed by atoms with van der Waals surface area (Å²) in [6, 6.07) is 6.59. The van der Waals surface area contributed by atoms with Gasteiger partial charge in [-0.2, -0.15) is 13.2 Å². The van der Waals surface area contributed by atoms with Gasteiger partial charge >= 0.3 is 12.1 Å². The number of rotatable bonds is 6. The first-order chi connectivity index (χ1) is 13.1. The van der Waals surface area contributed by atoms with Gasteiger partial charge in [-0.3, -0.25) is 15.6 Å². The molecule has 148 valence electrons. The fraction of sp³-hybridized carbons (Fsp3) is 0.118. The zero-order chi connectivity index (χ0) is 20.9. The molecule has 1 heterocycles. The molecule has 1 aromatic carbocycles. The van der Waals surface area contributed by atoms with Gasteiger partial charge in [0.2, 0.25) is 0 Å². The number of nitrogens with one attached hydrogen (secondary N) is 2. The Balaban J connectivity index is 2.13. The molecule has 0 aliphatic heterocycles. The van der Waals surface area contributed by atoms with Crippen LogP contribution < -0.4 is 15.6 Å². The molecule has 3 N–H and O–H groups in total. The largest absolute Gasteiger partial charge is 0.497 e. The Morgan fingerprint density at radius 3 is 2.39 bits per heavy atom. The molecule has 28 heavy (non-hydrogen) atoms. The van der Waals surface area contributed by atoms with Gasteiger partial charge in [-0.1, -0.05) is 23.7 Å². The number of hydrazine groups is 1. The Kier molecular flexibility index (Phi) is 6.47. The fourth-order valence-corrected chi connectivity index (χ4v) is 2.23. The van der Waals surface area contributed by atoms with Crippen LogP contribution in [0.1, 0.15) is 11.1 Å². The zero-order valence-corrected chi connectivity index (χ0v) is 14.9. The second-order valence-corrected chi connectivity index (χ2v) is 5.67. The molecule has 2 aromatic rings. The van der Waals surface area contributed by atoms with Crippen molar-refractivity contribution in [3.05, 3.63) is 58.8 Å². The van der Waals surface area contributed by atoms with Crippen LogP contribution in [0.15, 0.2) is 42.6 Å². The number of amides is 1. The van der Waals surface area contributed by atoms with E-state index in [1.165, 1.54) is 31.4 Å². The van der Waals surface area contributed by atoms with Crippen LogP contribution in [0.25, 0.3) is 5.57 Å². The van der Waals surface area contributed by atoms with Crippen LogP contribution in [-0.4, -0.2) is 29.1 Å². The maximum absolute atomic E-state index is 12.6. The van der Waals surface area contributed by atoms with Crippen LogP contribution in [0.5, 0.6) is 5.75 Å². The van der Waals surface area contributed by atoms with E-state index < -0.39 is 23.6 Å². The van der Waals surface area contributed by atoms with E-state index in [4.69, 9.17) is 16.3 Å². The molecule has 0 atom stereocenters. The molecule has 0 aliphatic rings. The minimum atomic E-state index is -4.62. The Bertz CT molecular complexity index is 915. The Hall–Kier alpha value is -3.27. The molecule has 11 heteroatoms. The van der Waals surface area contributed by atoms with Gasteiger partial charge in [0.05, 0.1) is 23.3 Å². The van der Waals surface area contributed by atoms with E-state index in [2.05, 4.69) is 15.8 Å². The highest BCUT2D eigenvalue weighted by atomic mass is 35.5. The maximum atomic E-state index is 12.6. The number of ether oxygens (including phenoxy) is 1. The first kappa shape index (κ1) is 21.0. The van der Waals surface area contributed by atoms with Crippen molar-refractivity contribution >= 4 is 34.9 Å². The number of carboxylic acid groups (broad SMARTS) is 1. The number of methoxy groups -OCH3 is 1. The van der Waals surface area contributed by atoms with E-state index in [1.807, 2.05) is 0 Å². The number of carbonyl (C=O) groups is 2. The minimum absolute atomic E-state index is 0.238. The first-order valence-electron chi connectivity index (χ1n) is 7.50. The lowest BCUT2D eigenvalue weighted by Crippen LogP contribution is -2.29. The molecule has 1 amide bonds. The molecule has 2 rings (SSSR count). The predicted molar refractivity (Wildman–Crippen MR) is 94.6 cm³/mol. The van der Waals surface area contributed by atoms with Crippen molar-refractivity contribution in [3.63, 3.8) is 0 Å². The lowest BCUT2D eigenvalue weighted by atomic mass is 10.1. The number of aromatic nitrogens is 1. The molecule has 0 spiro atoms. The third-order valence-corrected chi connectivity index (χ3v) is 3.67. The van der Waals surface area contributed by atoms with E-state index in [-0.39, 0.29) is 22.0 Å². The van der Waals surface area contributed by atoms with Crippen molar-refractivity contribution in [2.75, 3.05) is 12.5 Å². The van der Waals surface area contributed by atoms with Crippen LogP contribution in [0.2, 0.25) is 5.02 Å². The summed E-state index contributed by atoms with van der Waals surface area (Å²) in [5, 5.41) is 8.92. The average Bonchev–Trinajstić information content (AvgIpc) is 2.64. The van der Waals surface area contributed by atoms with Crippen LogP contribution >= 0.6 is 11.6 Å². The number of hydrogen-bond acceptors (Lipinski definition) is 5. The molecule has 0 aliphatic carbocycles. The molecular formula is C17H13ClF3N3O4. The predicted octanol–water partition coefficient (Wildman–Crippen LogP) is 3.37. The SMILES string of the molecule is COc1ccc(/C(=C/C(=O)NNc2ncc(C(F)(F)F)cc2Cl)C(=O)O)cc1. The normalized spacial score (nSPS) is 11.7. The summed E-state index contributed by atoms with van der Waals surface area (Å²) in [6.07, 6.45) is -3.28. The molecular weight excluding hydrogens is 403 g/mol. The third-order valence-electron chi connectivity index (χ3n) is 3.38. The lowest BCUT2D eigenvalue weighted by Gasteiger charge is -2.11. The van der Waals surface area contributed by atoms with Crippen molar-refractivity contribution in [2.24, 2.45) is 0 Å².